The number of carbonyl (C=O) groups is 1. The fraction of sp³-hybridized carbons (Fsp3) is 0.933. The molecule has 0 unspecified atom stereocenters. The van der Waals surface area contributed by atoms with Crippen molar-refractivity contribution in [3.8, 4) is 0 Å². The van der Waals surface area contributed by atoms with Crippen molar-refractivity contribution in [3.05, 3.63) is 0 Å². The van der Waals surface area contributed by atoms with E-state index in [0.717, 1.165) is 51.2 Å². The standard InChI is InChI=1S/C15H27N3O/c19-15(11-12-3-7-16-8-4-12)17-13-5-9-18(10-6-13)14-1-2-14/h12-14,16H,1-11H2,(H,17,19). The second-order valence-corrected chi connectivity index (χ2v) is 6.51. The maximum absolute atomic E-state index is 12.1. The van der Waals surface area contributed by atoms with Gasteiger partial charge in [-0.3, -0.25) is 4.79 Å². The molecule has 0 atom stereocenters. The molecular weight excluding hydrogens is 238 g/mol. The van der Waals surface area contributed by atoms with E-state index in [4.69, 9.17) is 0 Å². The van der Waals surface area contributed by atoms with Crippen molar-refractivity contribution >= 4 is 5.91 Å². The molecule has 4 heteroatoms. The number of nitrogens with one attached hydrogen (secondary N) is 2. The zero-order valence-corrected chi connectivity index (χ0v) is 11.9. The molecule has 2 saturated heterocycles. The van der Waals surface area contributed by atoms with Crippen LogP contribution in [0.25, 0.3) is 0 Å². The molecular formula is C15H27N3O. The molecule has 108 valence electrons. The molecule has 0 aromatic carbocycles. The first-order chi connectivity index (χ1) is 9.31. The van der Waals surface area contributed by atoms with E-state index >= 15 is 0 Å². The van der Waals surface area contributed by atoms with Crippen LogP contribution in [0.15, 0.2) is 0 Å². The van der Waals surface area contributed by atoms with Crippen LogP contribution in [0.4, 0.5) is 0 Å². The molecule has 19 heavy (non-hydrogen) atoms. The van der Waals surface area contributed by atoms with Crippen molar-refractivity contribution in [2.75, 3.05) is 26.2 Å². The molecule has 1 aliphatic carbocycles. The lowest BCUT2D eigenvalue weighted by molar-refractivity contribution is -0.123. The highest BCUT2D eigenvalue weighted by Crippen LogP contribution is 2.29. The van der Waals surface area contributed by atoms with Gasteiger partial charge in [-0.1, -0.05) is 0 Å². The second kappa shape index (κ2) is 6.23. The summed E-state index contributed by atoms with van der Waals surface area (Å²) in [6, 6.07) is 1.32. The van der Waals surface area contributed by atoms with E-state index in [9.17, 15) is 4.79 Å². The summed E-state index contributed by atoms with van der Waals surface area (Å²) in [5.74, 6) is 0.893. The summed E-state index contributed by atoms with van der Waals surface area (Å²) < 4.78 is 0. The first-order valence-electron chi connectivity index (χ1n) is 8.05. The summed E-state index contributed by atoms with van der Waals surface area (Å²) in [5, 5.41) is 6.61. The van der Waals surface area contributed by atoms with E-state index in [1.165, 1.54) is 25.9 Å². The second-order valence-electron chi connectivity index (χ2n) is 6.51. The third kappa shape index (κ3) is 3.93. The number of hydrogen-bond acceptors (Lipinski definition) is 3. The molecule has 4 nitrogen and oxygen atoms in total. The third-order valence-electron chi connectivity index (χ3n) is 4.89. The van der Waals surface area contributed by atoms with Crippen LogP contribution in [0.1, 0.15) is 44.9 Å². The lowest BCUT2D eigenvalue weighted by atomic mass is 9.94. The number of amides is 1. The van der Waals surface area contributed by atoms with Crippen molar-refractivity contribution in [2.45, 2.75) is 57.0 Å². The molecule has 1 saturated carbocycles. The number of nitrogens with zero attached hydrogens (tertiary/aromatic N) is 1. The quantitative estimate of drug-likeness (QED) is 0.800. The van der Waals surface area contributed by atoms with Crippen LogP contribution in [0, 0.1) is 5.92 Å². The van der Waals surface area contributed by atoms with Crippen LogP contribution in [-0.2, 0) is 4.79 Å². The van der Waals surface area contributed by atoms with Crippen LogP contribution in [-0.4, -0.2) is 49.1 Å². The molecule has 2 aliphatic heterocycles. The molecule has 0 aromatic rings. The molecule has 0 aromatic heterocycles. The van der Waals surface area contributed by atoms with Gasteiger partial charge < -0.3 is 15.5 Å². The topological polar surface area (TPSA) is 44.4 Å². The number of carbonyl (C=O) groups excluding carboxylic acids is 1. The van der Waals surface area contributed by atoms with E-state index in [1.807, 2.05) is 0 Å². The maximum Gasteiger partial charge on any atom is 0.220 e. The van der Waals surface area contributed by atoms with Gasteiger partial charge in [0.15, 0.2) is 0 Å². The Labute approximate surface area is 116 Å². The minimum Gasteiger partial charge on any atom is -0.353 e. The molecule has 3 rings (SSSR count). The summed E-state index contributed by atoms with van der Waals surface area (Å²) in [4.78, 5) is 14.7. The fourth-order valence-corrected chi connectivity index (χ4v) is 3.48. The third-order valence-corrected chi connectivity index (χ3v) is 4.89. The van der Waals surface area contributed by atoms with Gasteiger partial charge in [-0.15, -0.1) is 0 Å². The Bertz CT molecular complexity index is 303. The molecule has 0 spiro atoms. The van der Waals surface area contributed by atoms with Gasteiger partial charge in [-0.25, -0.2) is 0 Å². The van der Waals surface area contributed by atoms with Crippen molar-refractivity contribution in [3.63, 3.8) is 0 Å². The number of likely N-dealkylation sites (tertiary alicyclic amines) is 1. The van der Waals surface area contributed by atoms with E-state index in [1.54, 1.807) is 0 Å². The van der Waals surface area contributed by atoms with Crippen LogP contribution >= 0.6 is 0 Å². The van der Waals surface area contributed by atoms with E-state index in [-0.39, 0.29) is 5.91 Å². The Balaban J connectivity index is 1.35. The predicted molar refractivity (Wildman–Crippen MR) is 76.0 cm³/mol. The zero-order valence-electron chi connectivity index (χ0n) is 11.9. The molecule has 0 bridgehead atoms. The smallest absolute Gasteiger partial charge is 0.220 e. The molecule has 2 heterocycles. The van der Waals surface area contributed by atoms with Crippen LogP contribution in [0.3, 0.4) is 0 Å². The maximum atomic E-state index is 12.1. The monoisotopic (exact) mass is 265 g/mol. The Morgan fingerprint density at radius 2 is 1.74 bits per heavy atom. The fourth-order valence-electron chi connectivity index (χ4n) is 3.48. The van der Waals surface area contributed by atoms with Gasteiger partial charge in [0, 0.05) is 31.6 Å². The average Bonchev–Trinajstić information content (AvgIpc) is 3.25. The van der Waals surface area contributed by atoms with Crippen molar-refractivity contribution in [2.24, 2.45) is 5.92 Å². The minimum absolute atomic E-state index is 0.289. The highest BCUT2D eigenvalue weighted by molar-refractivity contribution is 5.76. The van der Waals surface area contributed by atoms with Gasteiger partial charge in [0.2, 0.25) is 5.91 Å². The highest BCUT2D eigenvalue weighted by Gasteiger charge is 2.32. The molecule has 3 fully saturated rings. The Morgan fingerprint density at radius 1 is 1.05 bits per heavy atom. The molecule has 1 amide bonds. The van der Waals surface area contributed by atoms with E-state index < -0.39 is 0 Å². The summed E-state index contributed by atoms with van der Waals surface area (Å²) in [6.45, 7) is 4.53. The lowest BCUT2D eigenvalue weighted by Crippen LogP contribution is -2.45. The van der Waals surface area contributed by atoms with Gasteiger partial charge in [0.05, 0.1) is 0 Å². The summed E-state index contributed by atoms with van der Waals surface area (Å²) in [7, 11) is 0. The largest absolute Gasteiger partial charge is 0.353 e. The number of hydrogen-bond donors (Lipinski definition) is 2. The Hall–Kier alpha value is -0.610. The summed E-state index contributed by atoms with van der Waals surface area (Å²) in [6.07, 6.45) is 8.15. The average molecular weight is 265 g/mol. The minimum atomic E-state index is 0.289. The molecule has 3 aliphatic rings. The summed E-state index contributed by atoms with van der Waals surface area (Å²) in [5.41, 5.74) is 0. The van der Waals surface area contributed by atoms with Gasteiger partial charge in [0.25, 0.3) is 0 Å². The van der Waals surface area contributed by atoms with Gasteiger partial charge in [0.1, 0.15) is 0 Å². The number of rotatable bonds is 4. The van der Waals surface area contributed by atoms with Crippen molar-refractivity contribution in [1.29, 1.82) is 0 Å². The highest BCUT2D eigenvalue weighted by atomic mass is 16.1. The van der Waals surface area contributed by atoms with Gasteiger partial charge in [-0.05, 0) is 57.5 Å². The Morgan fingerprint density at radius 3 is 2.37 bits per heavy atom. The first kappa shape index (κ1) is 13.4. The van der Waals surface area contributed by atoms with Crippen LogP contribution in [0.2, 0.25) is 0 Å². The first-order valence-corrected chi connectivity index (χ1v) is 8.05. The SMILES string of the molecule is O=C(CC1CCNCC1)NC1CCN(C2CC2)CC1. The van der Waals surface area contributed by atoms with E-state index in [0.29, 0.717) is 12.0 Å². The molecule has 0 radical (unpaired) electrons. The predicted octanol–water partition coefficient (Wildman–Crippen LogP) is 1.12. The summed E-state index contributed by atoms with van der Waals surface area (Å²) >= 11 is 0. The normalized spacial score (nSPS) is 27.4. The lowest BCUT2D eigenvalue weighted by Gasteiger charge is -2.32. The van der Waals surface area contributed by atoms with Crippen LogP contribution in [0.5, 0.6) is 0 Å². The molecule has 2 N–H and O–H groups in total. The Kier molecular flexibility index (Phi) is 4.38. The zero-order chi connectivity index (χ0) is 13.1. The number of piperidine rings is 2. The van der Waals surface area contributed by atoms with Crippen LogP contribution < -0.4 is 10.6 Å². The van der Waals surface area contributed by atoms with Gasteiger partial charge >= 0.3 is 0 Å². The van der Waals surface area contributed by atoms with Crippen molar-refractivity contribution in [1.82, 2.24) is 15.5 Å². The van der Waals surface area contributed by atoms with E-state index in [2.05, 4.69) is 15.5 Å². The van der Waals surface area contributed by atoms with Gasteiger partial charge in [-0.2, -0.15) is 0 Å². The van der Waals surface area contributed by atoms with Crippen molar-refractivity contribution < 1.29 is 4.79 Å².